The maximum Gasteiger partial charge on any atom is 0.120 e. The van der Waals surface area contributed by atoms with E-state index in [2.05, 4.69) is 42.2 Å². The van der Waals surface area contributed by atoms with Gasteiger partial charge in [-0.15, -0.1) is 0 Å². The summed E-state index contributed by atoms with van der Waals surface area (Å²) in [5.74, 6) is 0.392. The van der Waals surface area contributed by atoms with E-state index in [4.69, 9.17) is 4.74 Å². The maximum absolute atomic E-state index is 10.3. The van der Waals surface area contributed by atoms with Crippen molar-refractivity contribution in [3.05, 3.63) is 64.7 Å². The molecule has 3 rings (SSSR count). The van der Waals surface area contributed by atoms with Crippen LogP contribution in [0.25, 0.3) is 0 Å². The molecule has 3 heteroatoms. The molecule has 128 valence electrons. The second-order valence-electron chi connectivity index (χ2n) is 6.86. The van der Waals surface area contributed by atoms with Crippen LogP contribution in [0.5, 0.6) is 5.75 Å². The van der Waals surface area contributed by atoms with Gasteiger partial charge in [-0.2, -0.15) is 0 Å². The molecule has 0 spiro atoms. The standard InChI is InChI=1S/C21H27NO2/c1-16-11-19(21(23)12-17(16)2)14-22(15-20-9-6-10-24-20)13-18-7-4-3-5-8-18/h3-5,7-8,11-12,20,23H,6,9-10,13-15H2,1-2H3/t20-/m1/s1. The molecule has 1 aliphatic heterocycles. The summed E-state index contributed by atoms with van der Waals surface area (Å²) in [7, 11) is 0. The molecule has 0 bridgehead atoms. The first-order valence-electron chi connectivity index (χ1n) is 8.79. The second kappa shape index (κ2) is 7.82. The van der Waals surface area contributed by atoms with Gasteiger partial charge in [-0.25, -0.2) is 0 Å². The number of hydrogen-bond donors (Lipinski definition) is 1. The molecule has 1 aliphatic rings. The fraction of sp³-hybridized carbons (Fsp3) is 0.429. The lowest BCUT2D eigenvalue weighted by molar-refractivity contribution is 0.0676. The van der Waals surface area contributed by atoms with Crippen molar-refractivity contribution in [3.8, 4) is 5.75 Å². The van der Waals surface area contributed by atoms with Crippen LogP contribution in [-0.4, -0.2) is 29.3 Å². The molecule has 0 unspecified atom stereocenters. The highest BCUT2D eigenvalue weighted by Crippen LogP contribution is 2.25. The molecule has 2 aromatic rings. The Bertz CT molecular complexity index is 663. The Morgan fingerprint density at radius 1 is 1.08 bits per heavy atom. The Kier molecular flexibility index (Phi) is 5.54. The lowest BCUT2D eigenvalue weighted by Crippen LogP contribution is -2.31. The molecule has 0 aromatic heterocycles. The summed E-state index contributed by atoms with van der Waals surface area (Å²) in [6.45, 7) is 7.52. The van der Waals surface area contributed by atoms with Crippen LogP contribution < -0.4 is 0 Å². The van der Waals surface area contributed by atoms with Gasteiger partial charge in [-0.3, -0.25) is 4.90 Å². The Hall–Kier alpha value is -1.84. The molecule has 1 N–H and O–H groups in total. The molecule has 1 saturated heterocycles. The van der Waals surface area contributed by atoms with Crippen molar-refractivity contribution in [1.29, 1.82) is 0 Å². The Labute approximate surface area is 144 Å². The number of nitrogens with zero attached hydrogens (tertiary/aromatic N) is 1. The third-order valence-electron chi connectivity index (χ3n) is 4.82. The third kappa shape index (κ3) is 4.37. The first-order valence-corrected chi connectivity index (χ1v) is 8.79. The number of phenols is 1. The summed E-state index contributed by atoms with van der Waals surface area (Å²) in [5.41, 5.74) is 4.63. The van der Waals surface area contributed by atoms with Gasteiger partial charge in [0.15, 0.2) is 0 Å². The summed E-state index contributed by atoms with van der Waals surface area (Å²) in [4.78, 5) is 2.38. The van der Waals surface area contributed by atoms with Crippen molar-refractivity contribution in [1.82, 2.24) is 4.90 Å². The van der Waals surface area contributed by atoms with Crippen molar-refractivity contribution in [2.45, 2.75) is 45.9 Å². The van der Waals surface area contributed by atoms with Crippen LogP contribution in [-0.2, 0) is 17.8 Å². The number of rotatable bonds is 6. The molecule has 3 nitrogen and oxygen atoms in total. The van der Waals surface area contributed by atoms with E-state index in [9.17, 15) is 5.11 Å². The van der Waals surface area contributed by atoms with Gasteiger partial charge in [0.25, 0.3) is 0 Å². The van der Waals surface area contributed by atoms with Gasteiger partial charge in [0.1, 0.15) is 5.75 Å². The van der Waals surface area contributed by atoms with E-state index >= 15 is 0 Å². The molecule has 2 aromatic carbocycles. The summed E-state index contributed by atoms with van der Waals surface area (Å²) >= 11 is 0. The van der Waals surface area contributed by atoms with E-state index in [1.165, 1.54) is 11.1 Å². The van der Waals surface area contributed by atoms with Gasteiger partial charge in [-0.05, 0) is 49.4 Å². The molecular formula is C21H27NO2. The number of aryl methyl sites for hydroxylation is 2. The van der Waals surface area contributed by atoms with E-state index in [0.717, 1.165) is 50.2 Å². The highest BCUT2D eigenvalue weighted by molar-refractivity contribution is 5.40. The van der Waals surface area contributed by atoms with Crippen LogP contribution in [0, 0.1) is 13.8 Å². The van der Waals surface area contributed by atoms with Crippen molar-refractivity contribution < 1.29 is 9.84 Å². The van der Waals surface area contributed by atoms with Crippen molar-refractivity contribution in [2.24, 2.45) is 0 Å². The van der Waals surface area contributed by atoms with Gasteiger partial charge in [0, 0.05) is 31.8 Å². The second-order valence-corrected chi connectivity index (χ2v) is 6.86. The summed E-state index contributed by atoms with van der Waals surface area (Å²) in [6, 6.07) is 14.5. The number of benzene rings is 2. The summed E-state index contributed by atoms with van der Waals surface area (Å²) < 4.78 is 5.83. The Morgan fingerprint density at radius 2 is 1.83 bits per heavy atom. The van der Waals surface area contributed by atoms with Crippen LogP contribution in [0.15, 0.2) is 42.5 Å². The van der Waals surface area contributed by atoms with E-state index in [1.807, 2.05) is 19.1 Å². The number of ether oxygens (including phenoxy) is 1. The Balaban J connectivity index is 1.77. The zero-order chi connectivity index (χ0) is 16.9. The van der Waals surface area contributed by atoms with Gasteiger partial charge >= 0.3 is 0 Å². The van der Waals surface area contributed by atoms with E-state index in [1.54, 1.807) is 0 Å². The Morgan fingerprint density at radius 3 is 2.54 bits per heavy atom. The van der Waals surface area contributed by atoms with Crippen LogP contribution in [0.1, 0.15) is 35.1 Å². The number of hydrogen-bond acceptors (Lipinski definition) is 3. The number of aromatic hydroxyl groups is 1. The van der Waals surface area contributed by atoms with Gasteiger partial charge in [0.2, 0.25) is 0 Å². The molecule has 1 heterocycles. The molecular weight excluding hydrogens is 298 g/mol. The highest BCUT2D eigenvalue weighted by Gasteiger charge is 2.20. The van der Waals surface area contributed by atoms with Crippen LogP contribution >= 0.6 is 0 Å². The molecule has 0 saturated carbocycles. The fourth-order valence-corrected chi connectivity index (χ4v) is 3.33. The SMILES string of the molecule is Cc1cc(O)c(CN(Cc2ccccc2)C[C@H]2CCCO2)cc1C. The van der Waals surface area contributed by atoms with Crippen molar-refractivity contribution in [3.63, 3.8) is 0 Å². The molecule has 0 amide bonds. The number of phenolic OH excluding ortho intramolecular Hbond substituents is 1. The molecule has 0 radical (unpaired) electrons. The monoisotopic (exact) mass is 325 g/mol. The van der Waals surface area contributed by atoms with E-state index < -0.39 is 0 Å². The third-order valence-corrected chi connectivity index (χ3v) is 4.82. The summed E-state index contributed by atoms with van der Waals surface area (Å²) in [5, 5.41) is 10.3. The first kappa shape index (κ1) is 17.0. The predicted octanol–water partition coefficient (Wildman–Crippen LogP) is 4.19. The average molecular weight is 325 g/mol. The molecule has 24 heavy (non-hydrogen) atoms. The first-order chi connectivity index (χ1) is 11.6. The minimum absolute atomic E-state index is 0.308. The van der Waals surface area contributed by atoms with E-state index in [0.29, 0.717) is 11.9 Å². The van der Waals surface area contributed by atoms with Crippen molar-refractivity contribution in [2.75, 3.05) is 13.2 Å². The zero-order valence-electron chi connectivity index (χ0n) is 14.7. The highest BCUT2D eigenvalue weighted by atomic mass is 16.5. The van der Waals surface area contributed by atoms with E-state index in [-0.39, 0.29) is 0 Å². The smallest absolute Gasteiger partial charge is 0.120 e. The predicted molar refractivity (Wildman–Crippen MR) is 97.1 cm³/mol. The lowest BCUT2D eigenvalue weighted by atomic mass is 10.0. The minimum atomic E-state index is 0.308. The zero-order valence-corrected chi connectivity index (χ0v) is 14.7. The average Bonchev–Trinajstić information content (AvgIpc) is 3.06. The minimum Gasteiger partial charge on any atom is -0.508 e. The van der Waals surface area contributed by atoms with Gasteiger partial charge in [-0.1, -0.05) is 36.4 Å². The molecule has 1 fully saturated rings. The quantitative estimate of drug-likeness (QED) is 0.864. The topological polar surface area (TPSA) is 32.7 Å². The normalized spacial score (nSPS) is 17.5. The maximum atomic E-state index is 10.3. The summed E-state index contributed by atoms with van der Waals surface area (Å²) in [6.07, 6.45) is 2.59. The van der Waals surface area contributed by atoms with Gasteiger partial charge in [0.05, 0.1) is 6.10 Å². The van der Waals surface area contributed by atoms with Crippen LogP contribution in [0.2, 0.25) is 0 Å². The largest absolute Gasteiger partial charge is 0.508 e. The van der Waals surface area contributed by atoms with Gasteiger partial charge < -0.3 is 9.84 Å². The van der Waals surface area contributed by atoms with Crippen molar-refractivity contribution >= 4 is 0 Å². The van der Waals surface area contributed by atoms with Crippen LogP contribution in [0.3, 0.4) is 0 Å². The lowest BCUT2D eigenvalue weighted by Gasteiger charge is -2.26. The fourth-order valence-electron chi connectivity index (χ4n) is 3.33. The molecule has 1 atom stereocenters. The molecule has 0 aliphatic carbocycles. The van der Waals surface area contributed by atoms with Crippen LogP contribution in [0.4, 0.5) is 0 Å².